The fourth-order valence-corrected chi connectivity index (χ4v) is 1.92. The number of halogens is 4. The number of ether oxygens (including phenoxy) is 1. The Morgan fingerprint density at radius 1 is 1.45 bits per heavy atom. The Balaban J connectivity index is 2.72. The van der Waals surface area contributed by atoms with Crippen molar-refractivity contribution in [3.05, 3.63) is 40.4 Å². The van der Waals surface area contributed by atoms with Crippen LogP contribution in [0.25, 0.3) is 6.08 Å². The molecule has 1 rings (SSSR count). The molecule has 122 valence electrons. The van der Waals surface area contributed by atoms with Crippen molar-refractivity contribution in [2.75, 3.05) is 13.7 Å². The zero-order valence-corrected chi connectivity index (χ0v) is 13.0. The second-order valence-corrected chi connectivity index (χ2v) is 5.17. The van der Waals surface area contributed by atoms with Gasteiger partial charge in [0.25, 0.3) is 0 Å². The first-order valence-corrected chi connectivity index (χ1v) is 6.96. The van der Waals surface area contributed by atoms with Crippen LogP contribution in [0.2, 0.25) is 5.02 Å². The highest BCUT2D eigenvalue weighted by atomic mass is 35.5. The van der Waals surface area contributed by atoms with Gasteiger partial charge in [0.05, 0.1) is 10.6 Å². The summed E-state index contributed by atoms with van der Waals surface area (Å²) >= 11 is 5.53. The largest absolute Gasteiger partial charge is 0.417 e. The SMILES string of the molecule is COCCC(C)NC(=O)C=Cc1ccc(Cl)c(C(F)(F)F)c1. The van der Waals surface area contributed by atoms with E-state index in [1.807, 2.05) is 6.92 Å². The predicted octanol–water partition coefficient (Wildman–Crippen LogP) is 3.91. The molecular formula is C15H17ClF3NO2. The fourth-order valence-electron chi connectivity index (χ4n) is 1.69. The molecule has 1 aromatic rings. The van der Waals surface area contributed by atoms with E-state index in [0.29, 0.717) is 13.0 Å². The molecule has 0 aliphatic carbocycles. The molecule has 3 nitrogen and oxygen atoms in total. The summed E-state index contributed by atoms with van der Waals surface area (Å²) in [6.45, 7) is 2.33. The first-order chi connectivity index (χ1) is 10.2. The quantitative estimate of drug-likeness (QED) is 0.800. The van der Waals surface area contributed by atoms with E-state index < -0.39 is 11.7 Å². The van der Waals surface area contributed by atoms with E-state index in [1.165, 1.54) is 18.2 Å². The van der Waals surface area contributed by atoms with E-state index in [2.05, 4.69) is 5.32 Å². The Morgan fingerprint density at radius 3 is 2.73 bits per heavy atom. The summed E-state index contributed by atoms with van der Waals surface area (Å²) in [4.78, 5) is 11.7. The van der Waals surface area contributed by atoms with Gasteiger partial charge in [-0.15, -0.1) is 0 Å². The molecule has 1 aromatic carbocycles. The molecule has 0 fully saturated rings. The molecule has 1 amide bonds. The second kappa shape index (κ2) is 8.19. The zero-order chi connectivity index (χ0) is 16.8. The fraction of sp³-hybridized carbons (Fsp3) is 0.400. The van der Waals surface area contributed by atoms with Crippen molar-refractivity contribution < 1.29 is 22.7 Å². The third-order valence-electron chi connectivity index (χ3n) is 2.87. The molecular weight excluding hydrogens is 319 g/mol. The van der Waals surface area contributed by atoms with Crippen LogP contribution >= 0.6 is 11.6 Å². The topological polar surface area (TPSA) is 38.3 Å². The van der Waals surface area contributed by atoms with Crippen LogP contribution in [0, 0.1) is 0 Å². The molecule has 0 aliphatic rings. The van der Waals surface area contributed by atoms with Gasteiger partial charge in [0.2, 0.25) is 5.91 Å². The molecule has 1 atom stereocenters. The van der Waals surface area contributed by atoms with Crippen molar-refractivity contribution in [3.63, 3.8) is 0 Å². The van der Waals surface area contributed by atoms with Gasteiger partial charge in [0, 0.05) is 25.8 Å². The van der Waals surface area contributed by atoms with E-state index in [9.17, 15) is 18.0 Å². The number of carbonyl (C=O) groups excluding carboxylic acids is 1. The summed E-state index contributed by atoms with van der Waals surface area (Å²) < 4.78 is 43.0. The Kier molecular flexibility index (Phi) is 6.90. The lowest BCUT2D eigenvalue weighted by atomic mass is 10.1. The van der Waals surface area contributed by atoms with Gasteiger partial charge >= 0.3 is 6.18 Å². The zero-order valence-electron chi connectivity index (χ0n) is 12.2. The van der Waals surface area contributed by atoms with E-state index in [0.717, 1.165) is 12.1 Å². The Hall–Kier alpha value is -1.53. The molecule has 1 N–H and O–H groups in total. The van der Waals surface area contributed by atoms with E-state index in [-0.39, 0.29) is 22.5 Å². The number of amides is 1. The van der Waals surface area contributed by atoms with Gasteiger partial charge in [-0.3, -0.25) is 4.79 Å². The average molecular weight is 336 g/mol. The van der Waals surface area contributed by atoms with Crippen LogP contribution in [0.4, 0.5) is 13.2 Å². The monoisotopic (exact) mass is 335 g/mol. The van der Waals surface area contributed by atoms with Gasteiger partial charge in [0.15, 0.2) is 0 Å². The lowest BCUT2D eigenvalue weighted by Crippen LogP contribution is -2.31. The Morgan fingerprint density at radius 2 is 2.14 bits per heavy atom. The van der Waals surface area contributed by atoms with Crippen LogP contribution in [0.5, 0.6) is 0 Å². The maximum atomic E-state index is 12.7. The highest BCUT2D eigenvalue weighted by Crippen LogP contribution is 2.35. The molecule has 1 unspecified atom stereocenters. The molecule has 0 aromatic heterocycles. The number of carbonyl (C=O) groups is 1. The minimum atomic E-state index is -4.53. The summed E-state index contributed by atoms with van der Waals surface area (Å²) in [7, 11) is 1.56. The molecule has 22 heavy (non-hydrogen) atoms. The third-order valence-corrected chi connectivity index (χ3v) is 3.20. The molecule has 0 heterocycles. The molecule has 0 radical (unpaired) electrons. The number of methoxy groups -OCH3 is 1. The second-order valence-electron chi connectivity index (χ2n) is 4.76. The van der Waals surface area contributed by atoms with Crippen molar-refractivity contribution in [2.24, 2.45) is 0 Å². The van der Waals surface area contributed by atoms with E-state index >= 15 is 0 Å². The number of nitrogens with one attached hydrogen (secondary N) is 1. The van der Waals surface area contributed by atoms with Crippen LogP contribution in [0.3, 0.4) is 0 Å². The Bertz CT molecular complexity index is 544. The lowest BCUT2D eigenvalue weighted by molar-refractivity contribution is -0.137. The van der Waals surface area contributed by atoms with Crippen molar-refractivity contribution in [2.45, 2.75) is 25.6 Å². The Labute approximate surface area is 132 Å². The number of hydrogen-bond donors (Lipinski definition) is 1. The van der Waals surface area contributed by atoms with Crippen LogP contribution in [0.15, 0.2) is 24.3 Å². The summed E-state index contributed by atoms with van der Waals surface area (Å²) in [6, 6.07) is 3.38. The summed E-state index contributed by atoms with van der Waals surface area (Å²) in [6.07, 6.45) is -1.39. The van der Waals surface area contributed by atoms with Crippen LogP contribution < -0.4 is 5.32 Å². The first-order valence-electron chi connectivity index (χ1n) is 6.58. The molecule has 7 heteroatoms. The maximum absolute atomic E-state index is 12.7. The van der Waals surface area contributed by atoms with Gasteiger partial charge in [-0.05, 0) is 37.1 Å². The number of alkyl halides is 3. The minimum Gasteiger partial charge on any atom is -0.385 e. The molecule has 0 saturated heterocycles. The van der Waals surface area contributed by atoms with Crippen LogP contribution in [0.1, 0.15) is 24.5 Å². The third kappa shape index (κ3) is 6.07. The van der Waals surface area contributed by atoms with Gasteiger partial charge in [-0.25, -0.2) is 0 Å². The van der Waals surface area contributed by atoms with Gasteiger partial charge in [-0.2, -0.15) is 13.2 Å². The smallest absolute Gasteiger partial charge is 0.385 e. The van der Waals surface area contributed by atoms with Gasteiger partial charge in [-0.1, -0.05) is 17.7 Å². The van der Waals surface area contributed by atoms with Gasteiger partial charge < -0.3 is 10.1 Å². The van der Waals surface area contributed by atoms with Crippen molar-refractivity contribution in [3.8, 4) is 0 Å². The molecule has 0 bridgehead atoms. The average Bonchev–Trinajstić information content (AvgIpc) is 2.43. The number of benzene rings is 1. The predicted molar refractivity (Wildman–Crippen MR) is 79.6 cm³/mol. The highest BCUT2D eigenvalue weighted by molar-refractivity contribution is 6.31. The summed E-state index contributed by atoms with van der Waals surface area (Å²) in [5.74, 6) is -0.382. The molecule has 0 spiro atoms. The summed E-state index contributed by atoms with van der Waals surface area (Å²) in [5.41, 5.74) is -0.679. The highest BCUT2D eigenvalue weighted by Gasteiger charge is 2.33. The number of hydrogen-bond acceptors (Lipinski definition) is 2. The molecule has 0 aliphatic heterocycles. The van der Waals surface area contributed by atoms with E-state index in [4.69, 9.17) is 16.3 Å². The van der Waals surface area contributed by atoms with Crippen molar-refractivity contribution in [1.29, 1.82) is 0 Å². The standard InChI is InChI=1S/C15H17ClF3NO2/c1-10(7-8-22-2)20-14(21)6-4-11-3-5-13(16)12(9-11)15(17,18)19/h3-6,9-10H,7-8H2,1-2H3,(H,20,21). The van der Waals surface area contributed by atoms with Crippen LogP contribution in [-0.4, -0.2) is 25.7 Å². The lowest BCUT2D eigenvalue weighted by Gasteiger charge is -2.11. The van der Waals surface area contributed by atoms with Gasteiger partial charge in [0.1, 0.15) is 0 Å². The first kappa shape index (κ1) is 18.5. The van der Waals surface area contributed by atoms with Crippen LogP contribution in [-0.2, 0) is 15.7 Å². The molecule has 0 saturated carbocycles. The van der Waals surface area contributed by atoms with Crippen molar-refractivity contribution >= 4 is 23.6 Å². The maximum Gasteiger partial charge on any atom is 0.417 e. The minimum absolute atomic E-state index is 0.0898. The number of rotatable bonds is 6. The normalized spacial score (nSPS) is 13.4. The van der Waals surface area contributed by atoms with Crippen molar-refractivity contribution in [1.82, 2.24) is 5.32 Å². The van der Waals surface area contributed by atoms with E-state index in [1.54, 1.807) is 7.11 Å². The summed E-state index contributed by atoms with van der Waals surface area (Å²) in [5, 5.41) is 2.31.